The Kier molecular flexibility index (Phi) is 6.98. The predicted molar refractivity (Wildman–Crippen MR) is 135 cm³/mol. The number of nitrogens with one attached hydrogen (secondary N) is 1. The van der Waals surface area contributed by atoms with E-state index in [-0.39, 0.29) is 5.02 Å². The number of amides is 1. The molecule has 1 aromatic heterocycles. The van der Waals surface area contributed by atoms with Crippen LogP contribution in [0.2, 0.25) is 5.02 Å². The lowest BCUT2D eigenvalue weighted by molar-refractivity contribution is -0.111. The molecule has 3 aromatic carbocycles. The number of carbonyl (C=O) groups excluding carboxylic acids is 1. The van der Waals surface area contributed by atoms with Gasteiger partial charge < -0.3 is 23.9 Å². The van der Waals surface area contributed by atoms with Gasteiger partial charge in [-0.3, -0.25) is 4.79 Å². The van der Waals surface area contributed by atoms with E-state index in [1.165, 1.54) is 24.3 Å². The fourth-order valence-electron chi connectivity index (χ4n) is 3.79. The number of benzene rings is 3. The number of fused-ring (bicyclic) bond motifs is 1. The number of furan rings is 1. The average molecular weight is 496 g/mol. The lowest BCUT2D eigenvalue weighted by atomic mass is 9.98. The summed E-state index contributed by atoms with van der Waals surface area (Å²) >= 11 is 5.81. The molecular formula is C27H23ClFNO5. The summed E-state index contributed by atoms with van der Waals surface area (Å²) in [5.41, 5.74) is 3.96. The first-order valence-electron chi connectivity index (χ1n) is 10.6. The van der Waals surface area contributed by atoms with Crippen molar-refractivity contribution >= 4 is 39.7 Å². The zero-order valence-corrected chi connectivity index (χ0v) is 20.3. The molecule has 35 heavy (non-hydrogen) atoms. The third-order valence-electron chi connectivity index (χ3n) is 5.55. The average Bonchev–Trinajstić information content (AvgIpc) is 3.27. The van der Waals surface area contributed by atoms with Gasteiger partial charge in [0.05, 0.1) is 32.6 Å². The van der Waals surface area contributed by atoms with Crippen LogP contribution >= 0.6 is 11.6 Å². The van der Waals surface area contributed by atoms with Crippen LogP contribution in [0, 0.1) is 5.82 Å². The molecular weight excluding hydrogens is 473 g/mol. The molecule has 8 heteroatoms. The van der Waals surface area contributed by atoms with Gasteiger partial charge in [0.1, 0.15) is 28.6 Å². The lowest BCUT2D eigenvalue weighted by Gasteiger charge is -2.12. The van der Waals surface area contributed by atoms with Crippen LogP contribution in [0.5, 0.6) is 17.2 Å². The maximum atomic E-state index is 13.4. The minimum Gasteiger partial charge on any atom is -0.497 e. The van der Waals surface area contributed by atoms with E-state index in [0.29, 0.717) is 39.7 Å². The van der Waals surface area contributed by atoms with E-state index < -0.39 is 11.7 Å². The van der Waals surface area contributed by atoms with Gasteiger partial charge in [-0.25, -0.2) is 4.39 Å². The number of hydrogen-bond acceptors (Lipinski definition) is 5. The van der Waals surface area contributed by atoms with Crippen molar-refractivity contribution < 1.29 is 27.8 Å². The van der Waals surface area contributed by atoms with Crippen LogP contribution in [0.15, 0.2) is 65.3 Å². The molecule has 0 bridgehead atoms. The molecule has 0 aliphatic heterocycles. The first kappa shape index (κ1) is 24.2. The van der Waals surface area contributed by atoms with Gasteiger partial charge >= 0.3 is 0 Å². The third kappa shape index (κ3) is 4.95. The van der Waals surface area contributed by atoms with E-state index in [1.54, 1.807) is 40.6 Å². The molecule has 0 aliphatic carbocycles. The normalized spacial score (nSPS) is 11.4. The highest BCUT2D eigenvalue weighted by molar-refractivity contribution is 6.31. The summed E-state index contributed by atoms with van der Waals surface area (Å²) in [6.07, 6.45) is 3.09. The summed E-state index contributed by atoms with van der Waals surface area (Å²) < 4.78 is 35.7. The Bertz CT molecular complexity index is 1440. The highest BCUT2D eigenvalue weighted by Crippen LogP contribution is 2.41. The smallest absolute Gasteiger partial charge is 0.248 e. The van der Waals surface area contributed by atoms with Crippen molar-refractivity contribution in [2.24, 2.45) is 0 Å². The maximum absolute atomic E-state index is 13.4. The fourth-order valence-corrected chi connectivity index (χ4v) is 3.97. The number of rotatable bonds is 7. The van der Waals surface area contributed by atoms with Crippen molar-refractivity contribution in [2.75, 3.05) is 26.6 Å². The summed E-state index contributed by atoms with van der Waals surface area (Å²) in [7, 11) is 4.75. The van der Waals surface area contributed by atoms with Crippen molar-refractivity contribution in [2.45, 2.75) is 6.92 Å². The molecule has 1 N–H and O–H groups in total. The molecule has 0 fully saturated rings. The topological polar surface area (TPSA) is 69.9 Å². The highest BCUT2D eigenvalue weighted by atomic mass is 35.5. The zero-order chi connectivity index (χ0) is 25.1. The number of halogens is 2. The van der Waals surface area contributed by atoms with Gasteiger partial charge in [-0.2, -0.15) is 0 Å². The molecule has 6 nitrogen and oxygen atoms in total. The largest absolute Gasteiger partial charge is 0.497 e. The molecule has 1 heterocycles. The van der Waals surface area contributed by atoms with Gasteiger partial charge in [0.25, 0.3) is 0 Å². The second-order valence-electron chi connectivity index (χ2n) is 7.71. The molecule has 0 atom stereocenters. The molecule has 0 radical (unpaired) electrons. The number of hydrogen-bond donors (Lipinski definition) is 1. The Labute approximate surface area is 206 Å². The number of anilines is 1. The van der Waals surface area contributed by atoms with Crippen LogP contribution < -0.4 is 19.5 Å². The summed E-state index contributed by atoms with van der Waals surface area (Å²) in [5.74, 6) is 0.933. The number of allylic oxidation sites excluding steroid dienone is 1. The zero-order valence-electron chi connectivity index (χ0n) is 19.6. The standard InChI is InChI=1S/C27H23ClFNO5/c1-15(9-27(31)30-16-5-7-23(29)22(28)10-16)18-12-20-21(14-35-26(20)13-25(18)34-4)19-11-17(32-2)6-8-24(19)33-3/h5-14H,1-4H3,(H,30,31)/b15-9+. The molecule has 0 aliphatic rings. The number of ether oxygens (including phenoxy) is 3. The quantitative estimate of drug-likeness (QED) is 0.281. The first-order chi connectivity index (χ1) is 16.8. The molecule has 4 rings (SSSR count). The molecule has 0 saturated carbocycles. The van der Waals surface area contributed by atoms with E-state index in [4.69, 9.17) is 30.2 Å². The molecule has 4 aromatic rings. The van der Waals surface area contributed by atoms with E-state index in [1.807, 2.05) is 24.3 Å². The third-order valence-corrected chi connectivity index (χ3v) is 5.84. The SMILES string of the molecule is COc1ccc(OC)c(-c2coc3cc(OC)c(/C(C)=C/C(=O)Nc4ccc(F)c(Cl)c4)cc23)c1. The van der Waals surface area contributed by atoms with Crippen molar-refractivity contribution in [1.29, 1.82) is 0 Å². The molecule has 180 valence electrons. The Hall–Kier alpha value is -3.97. The van der Waals surface area contributed by atoms with Gasteiger partial charge in [0, 0.05) is 39.9 Å². The number of carbonyl (C=O) groups is 1. The van der Waals surface area contributed by atoms with Crippen LogP contribution in [0.25, 0.3) is 27.7 Å². The van der Waals surface area contributed by atoms with Gasteiger partial charge in [-0.15, -0.1) is 0 Å². The minimum absolute atomic E-state index is 0.0731. The van der Waals surface area contributed by atoms with Crippen molar-refractivity contribution in [3.8, 4) is 28.4 Å². The van der Waals surface area contributed by atoms with Crippen LogP contribution in [0.4, 0.5) is 10.1 Å². The van der Waals surface area contributed by atoms with E-state index in [2.05, 4.69) is 5.32 Å². The fraction of sp³-hybridized carbons (Fsp3) is 0.148. The van der Waals surface area contributed by atoms with Gasteiger partial charge in [0.15, 0.2) is 0 Å². The first-order valence-corrected chi connectivity index (χ1v) is 11.0. The summed E-state index contributed by atoms with van der Waals surface area (Å²) in [6, 6.07) is 13.2. The van der Waals surface area contributed by atoms with Crippen molar-refractivity contribution in [3.63, 3.8) is 0 Å². The molecule has 1 amide bonds. The van der Waals surface area contributed by atoms with Gasteiger partial charge in [0.2, 0.25) is 5.91 Å². The van der Waals surface area contributed by atoms with Gasteiger partial charge in [-0.05, 0) is 55.0 Å². The molecule has 0 unspecified atom stereocenters. The summed E-state index contributed by atoms with van der Waals surface area (Å²) in [6.45, 7) is 1.80. The monoisotopic (exact) mass is 495 g/mol. The number of methoxy groups -OCH3 is 3. The van der Waals surface area contributed by atoms with Crippen molar-refractivity contribution in [1.82, 2.24) is 0 Å². The second kappa shape index (κ2) is 10.1. The Morgan fingerprint density at radius 3 is 2.43 bits per heavy atom. The minimum atomic E-state index is -0.557. The van der Waals surface area contributed by atoms with Crippen molar-refractivity contribution in [3.05, 3.63) is 77.3 Å². The summed E-state index contributed by atoms with van der Waals surface area (Å²) in [4.78, 5) is 12.6. The van der Waals surface area contributed by atoms with Crippen LogP contribution in [0.1, 0.15) is 12.5 Å². The van der Waals surface area contributed by atoms with E-state index in [0.717, 1.165) is 16.5 Å². The lowest BCUT2D eigenvalue weighted by Crippen LogP contribution is -2.08. The van der Waals surface area contributed by atoms with E-state index in [9.17, 15) is 9.18 Å². The second-order valence-corrected chi connectivity index (χ2v) is 8.12. The maximum Gasteiger partial charge on any atom is 0.248 e. The van der Waals surface area contributed by atoms with E-state index >= 15 is 0 Å². The Balaban J connectivity index is 1.75. The molecule has 0 spiro atoms. The Morgan fingerprint density at radius 1 is 0.971 bits per heavy atom. The summed E-state index contributed by atoms with van der Waals surface area (Å²) in [5, 5.41) is 3.43. The van der Waals surface area contributed by atoms with Crippen LogP contribution in [0.3, 0.4) is 0 Å². The molecule has 0 saturated heterocycles. The predicted octanol–water partition coefficient (Wildman–Crippen LogP) is 6.96. The van der Waals surface area contributed by atoms with Crippen LogP contribution in [-0.2, 0) is 4.79 Å². The Morgan fingerprint density at radius 2 is 1.74 bits per heavy atom. The highest BCUT2D eigenvalue weighted by Gasteiger charge is 2.18. The van der Waals surface area contributed by atoms with Crippen LogP contribution in [-0.4, -0.2) is 27.2 Å². The van der Waals surface area contributed by atoms with Gasteiger partial charge in [-0.1, -0.05) is 11.6 Å².